The number of rotatable bonds is 5. The normalized spacial score (nSPS) is 11.6. The van der Waals surface area contributed by atoms with E-state index in [0.29, 0.717) is 17.5 Å². The molecule has 0 unspecified atom stereocenters. The molecule has 0 radical (unpaired) electrons. The van der Waals surface area contributed by atoms with E-state index >= 15 is 0 Å². The minimum Gasteiger partial charge on any atom is -0.456 e. The smallest absolute Gasteiger partial charge is 0.164 e. The van der Waals surface area contributed by atoms with Crippen molar-refractivity contribution in [1.29, 1.82) is 0 Å². The van der Waals surface area contributed by atoms with Crippen molar-refractivity contribution in [2.24, 2.45) is 0 Å². The molecule has 0 aliphatic carbocycles. The summed E-state index contributed by atoms with van der Waals surface area (Å²) in [6.45, 7) is 0. The van der Waals surface area contributed by atoms with Crippen LogP contribution < -0.4 is 4.74 Å². The van der Waals surface area contributed by atoms with Gasteiger partial charge < -0.3 is 4.74 Å². The van der Waals surface area contributed by atoms with E-state index in [2.05, 4.69) is 103 Å². The largest absolute Gasteiger partial charge is 0.456 e. The van der Waals surface area contributed by atoms with Gasteiger partial charge in [-0.3, -0.25) is 0 Å². The summed E-state index contributed by atoms with van der Waals surface area (Å²) in [4.78, 5) is 15.0. The van der Waals surface area contributed by atoms with Crippen LogP contribution in [0.4, 0.5) is 0 Å². The molecule has 7 aromatic carbocycles. The first-order chi connectivity index (χ1) is 23.3. The van der Waals surface area contributed by atoms with Crippen LogP contribution in [-0.4, -0.2) is 15.0 Å². The topological polar surface area (TPSA) is 47.9 Å². The summed E-state index contributed by atoms with van der Waals surface area (Å²) in [6.07, 6.45) is 0. The van der Waals surface area contributed by atoms with Crippen LogP contribution in [0.2, 0.25) is 0 Å². The maximum Gasteiger partial charge on any atom is 0.164 e. The molecular formula is C43H27N3O. The fourth-order valence-electron chi connectivity index (χ4n) is 6.35. The highest BCUT2D eigenvalue weighted by atomic mass is 16.5. The minimum absolute atomic E-state index is 0.614. The number of hydrogen-bond donors (Lipinski definition) is 0. The first kappa shape index (κ1) is 27.0. The summed E-state index contributed by atoms with van der Waals surface area (Å²) < 4.78 is 6.35. The second kappa shape index (κ2) is 11.2. The molecule has 2 heterocycles. The number of aromatic nitrogens is 3. The molecule has 0 spiro atoms. The third-order valence-corrected chi connectivity index (χ3v) is 8.75. The number of nitrogens with zero attached hydrogens (tertiary/aromatic N) is 3. The van der Waals surface area contributed by atoms with Gasteiger partial charge in [-0.15, -0.1) is 0 Å². The Morgan fingerprint density at radius 2 is 0.787 bits per heavy atom. The Kier molecular flexibility index (Phi) is 6.43. The maximum atomic E-state index is 6.35. The lowest BCUT2D eigenvalue weighted by atomic mass is 9.93. The molecule has 47 heavy (non-hydrogen) atoms. The summed E-state index contributed by atoms with van der Waals surface area (Å²) >= 11 is 0. The molecule has 0 fully saturated rings. The summed E-state index contributed by atoms with van der Waals surface area (Å²) in [6, 6.07) is 56.4. The van der Waals surface area contributed by atoms with Crippen molar-refractivity contribution >= 4 is 10.8 Å². The van der Waals surface area contributed by atoms with Crippen LogP contribution in [0.15, 0.2) is 164 Å². The molecule has 220 valence electrons. The van der Waals surface area contributed by atoms with E-state index < -0.39 is 0 Å². The van der Waals surface area contributed by atoms with Gasteiger partial charge in [-0.25, -0.2) is 15.0 Å². The molecule has 0 amide bonds. The van der Waals surface area contributed by atoms with Crippen molar-refractivity contribution in [3.63, 3.8) is 0 Å². The molecular weight excluding hydrogens is 574 g/mol. The van der Waals surface area contributed by atoms with Gasteiger partial charge in [-0.05, 0) is 57.5 Å². The molecule has 0 atom stereocenters. The molecule has 9 rings (SSSR count). The first-order valence-electron chi connectivity index (χ1n) is 15.7. The van der Waals surface area contributed by atoms with Crippen LogP contribution >= 0.6 is 0 Å². The average molecular weight is 602 g/mol. The van der Waals surface area contributed by atoms with Crippen LogP contribution in [0, 0.1) is 0 Å². The van der Waals surface area contributed by atoms with Gasteiger partial charge in [0, 0.05) is 27.6 Å². The monoisotopic (exact) mass is 601 g/mol. The Bertz CT molecular complexity index is 2400. The Balaban J connectivity index is 1.11. The van der Waals surface area contributed by atoms with Gasteiger partial charge in [-0.1, -0.05) is 140 Å². The standard InChI is InChI=1S/C43H27N3O/c1-3-9-28(10-4-1)29-17-19-30(20-18-29)31-21-23-34(24-22-31)42-44-41(33-11-5-2-6-12-33)45-43(46-42)35-25-26-38-37(27-35)36-15-7-13-32-14-8-16-39(47-38)40(32)36/h1-27H. The van der Waals surface area contributed by atoms with Gasteiger partial charge in [-0.2, -0.15) is 0 Å². The Hall–Kier alpha value is -6.39. The number of benzene rings is 7. The van der Waals surface area contributed by atoms with Gasteiger partial charge >= 0.3 is 0 Å². The minimum atomic E-state index is 0.614. The molecule has 0 N–H and O–H groups in total. The van der Waals surface area contributed by atoms with E-state index in [1.165, 1.54) is 11.1 Å². The highest BCUT2D eigenvalue weighted by Crippen LogP contribution is 2.47. The van der Waals surface area contributed by atoms with Crippen LogP contribution in [0.3, 0.4) is 0 Å². The summed E-state index contributed by atoms with van der Waals surface area (Å²) in [5, 5.41) is 2.27. The number of ether oxygens (including phenoxy) is 1. The van der Waals surface area contributed by atoms with Gasteiger partial charge in [0.1, 0.15) is 11.5 Å². The Morgan fingerprint density at radius 3 is 1.40 bits per heavy atom. The lowest BCUT2D eigenvalue weighted by molar-refractivity contribution is 0.487. The zero-order chi connectivity index (χ0) is 31.2. The van der Waals surface area contributed by atoms with Crippen molar-refractivity contribution in [3.05, 3.63) is 164 Å². The molecule has 1 aliphatic heterocycles. The fraction of sp³-hybridized carbons (Fsp3) is 0. The van der Waals surface area contributed by atoms with Crippen molar-refractivity contribution in [3.8, 4) is 79.0 Å². The van der Waals surface area contributed by atoms with Crippen LogP contribution in [0.25, 0.3) is 78.3 Å². The second-order valence-electron chi connectivity index (χ2n) is 11.7. The summed E-state index contributed by atoms with van der Waals surface area (Å²) in [5.41, 5.74) is 9.64. The van der Waals surface area contributed by atoms with Crippen LogP contribution in [0.5, 0.6) is 11.5 Å². The molecule has 4 nitrogen and oxygen atoms in total. The molecule has 0 saturated carbocycles. The Labute approximate surface area is 272 Å². The molecule has 1 aliphatic rings. The molecule has 8 aromatic rings. The van der Waals surface area contributed by atoms with E-state index in [-0.39, 0.29) is 0 Å². The number of fused-ring (bicyclic) bond motifs is 2. The van der Waals surface area contributed by atoms with Crippen LogP contribution in [-0.2, 0) is 0 Å². The Morgan fingerprint density at radius 1 is 0.319 bits per heavy atom. The lowest BCUT2D eigenvalue weighted by Crippen LogP contribution is -2.01. The van der Waals surface area contributed by atoms with E-state index in [9.17, 15) is 0 Å². The van der Waals surface area contributed by atoms with Crippen LogP contribution in [0.1, 0.15) is 0 Å². The van der Waals surface area contributed by atoms with Crippen molar-refractivity contribution in [2.75, 3.05) is 0 Å². The zero-order valence-electron chi connectivity index (χ0n) is 25.3. The third kappa shape index (κ3) is 4.93. The molecule has 4 heteroatoms. The van der Waals surface area contributed by atoms with Gasteiger partial charge in [0.25, 0.3) is 0 Å². The number of hydrogen-bond acceptors (Lipinski definition) is 4. The van der Waals surface area contributed by atoms with Gasteiger partial charge in [0.15, 0.2) is 17.5 Å². The van der Waals surface area contributed by atoms with E-state index in [4.69, 9.17) is 19.7 Å². The van der Waals surface area contributed by atoms with Crippen molar-refractivity contribution in [2.45, 2.75) is 0 Å². The van der Waals surface area contributed by atoms with Gasteiger partial charge in [0.2, 0.25) is 0 Å². The first-order valence-corrected chi connectivity index (χ1v) is 15.7. The zero-order valence-corrected chi connectivity index (χ0v) is 25.3. The quantitative estimate of drug-likeness (QED) is 0.197. The van der Waals surface area contributed by atoms with Gasteiger partial charge in [0.05, 0.1) is 0 Å². The predicted molar refractivity (Wildman–Crippen MR) is 190 cm³/mol. The van der Waals surface area contributed by atoms with E-state index in [0.717, 1.165) is 61.2 Å². The highest BCUT2D eigenvalue weighted by Gasteiger charge is 2.21. The SMILES string of the molecule is c1ccc(-c2ccc(-c3ccc(-c4nc(-c5ccccc5)nc(-c5ccc6c(c5)-c5cccc7cccc(c57)O6)n4)cc3)cc2)cc1. The van der Waals surface area contributed by atoms with Crippen molar-refractivity contribution < 1.29 is 4.74 Å². The molecule has 0 bridgehead atoms. The third-order valence-electron chi connectivity index (χ3n) is 8.75. The summed E-state index contributed by atoms with van der Waals surface area (Å²) in [7, 11) is 0. The van der Waals surface area contributed by atoms with E-state index in [1.54, 1.807) is 0 Å². The van der Waals surface area contributed by atoms with E-state index in [1.807, 2.05) is 60.7 Å². The molecule has 1 aromatic heterocycles. The molecule has 0 saturated heterocycles. The van der Waals surface area contributed by atoms with Crippen molar-refractivity contribution in [1.82, 2.24) is 15.0 Å². The lowest BCUT2D eigenvalue weighted by Gasteiger charge is -2.21. The highest BCUT2D eigenvalue weighted by molar-refractivity contribution is 6.04. The fourth-order valence-corrected chi connectivity index (χ4v) is 6.35. The second-order valence-corrected chi connectivity index (χ2v) is 11.7. The average Bonchev–Trinajstić information content (AvgIpc) is 3.16. The predicted octanol–water partition coefficient (Wildman–Crippen LogP) is 11.1. The summed E-state index contributed by atoms with van der Waals surface area (Å²) in [5.74, 6) is 3.57. The maximum absolute atomic E-state index is 6.35.